The third-order valence-corrected chi connectivity index (χ3v) is 3.31. The van der Waals surface area contributed by atoms with Crippen molar-refractivity contribution in [2.45, 2.75) is 45.2 Å². The zero-order valence-corrected chi connectivity index (χ0v) is 9.64. The Kier molecular flexibility index (Phi) is 2.90. The van der Waals surface area contributed by atoms with Gasteiger partial charge in [-0.15, -0.1) is 0 Å². The molecule has 1 saturated heterocycles. The third-order valence-electron chi connectivity index (χ3n) is 3.31. The van der Waals surface area contributed by atoms with E-state index in [-0.39, 0.29) is 5.76 Å². The SMILES string of the molecule is CCC1CCC(C)N1c1ccc(C(=O)O)o1. The highest BCUT2D eigenvalue weighted by atomic mass is 16.4. The van der Waals surface area contributed by atoms with Crippen LogP contribution in [0.2, 0.25) is 0 Å². The molecule has 0 aliphatic carbocycles. The Morgan fingerprint density at radius 1 is 1.56 bits per heavy atom. The van der Waals surface area contributed by atoms with Crippen LogP contribution < -0.4 is 4.90 Å². The molecule has 1 fully saturated rings. The molecule has 88 valence electrons. The van der Waals surface area contributed by atoms with Crippen LogP contribution in [0, 0.1) is 0 Å². The molecule has 0 saturated carbocycles. The van der Waals surface area contributed by atoms with Gasteiger partial charge in [0.15, 0.2) is 5.88 Å². The van der Waals surface area contributed by atoms with Gasteiger partial charge in [-0.2, -0.15) is 0 Å². The number of rotatable bonds is 3. The molecule has 1 aromatic rings. The molecule has 0 aromatic carbocycles. The van der Waals surface area contributed by atoms with E-state index in [1.54, 1.807) is 6.07 Å². The van der Waals surface area contributed by atoms with Crippen LogP contribution in [-0.4, -0.2) is 23.2 Å². The van der Waals surface area contributed by atoms with Crippen LogP contribution >= 0.6 is 0 Å². The number of nitrogens with zero attached hydrogens (tertiary/aromatic N) is 1. The molecule has 16 heavy (non-hydrogen) atoms. The molecule has 0 spiro atoms. The van der Waals surface area contributed by atoms with Crippen LogP contribution in [0.5, 0.6) is 0 Å². The van der Waals surface area contributed by atoms with E-state index < -0.39 is 5.97 Å². The molecule has 4 heteroatoms. The van der Waals surface area contributed by atoms with Crippen molar-refractivity contribution in [2.75, 3.05) is 4.90 Å². The summed E-state index contributed by atoms with van der Waals surface area (Å²) in [5, 5.41) is 8.82. The molecule has 4 nitrogen and oxygen atoms in total. The Morgan fingerprint density at radius 2 is 2.31 bits per heavy atom. The van der Waals surface area contributed by atoms with Gasteiger partial charge in [0.1, 0.15) is 0 Å². The lowest BCUT2D eigenvalue weighted by atomic mass is 10.2. The molecule has 2 rings (SSSR count). The molecular weight excluding hydrogens is 206 g/mol. The normalized spacial score (nSPS) is 25.0. The molecule has 2 unspecified atom stereocenters. The number of anilines is 1. The second kappa shape index (κ2) is 4.20. The van der Waals surface area contributed by atoms with Crippen molar-refractivity contribution < 1.29 is 14.3 Å². The highest BCUT2D eigenvalue weighted by molar-refractivity contribution is 5.84. The lowest BCUT2D eigenvalue weighted by Gasteiger charge is -2.27. The second-order valence-electron chi connectivity index (χ2n) is 4.34. The van der Waals surface area contributed by atoms with Gasteiger partial charge in [0.05, 0.1) is 0 Å². The maximum Gasteiger partial charge on any atom is 0.371 e. The summed E-state index contributed by atoms with van der Waals surface area (Å²) < 4.78 is 5.36. The van der Waals surface area contributed by atoms with Crippen LogP contribution in [0.4, 0.5) is 5.88 Å². The van der Waals surface area contributed by atoms with Gasteiger partial charge in [-0.25, -0.2) is 4.79 Å². The van der Waals surface area contributed by atoms with E-state index in [1.807, 2.05) is 0 Å². The van der Waals surface area contributed by atoms with Gasteiger partial charge in [0.25, 0.3) is 0 Å². The predicted octanol–water partition coefficient (Wildman–Crippen LogP) is 2.75. The molecule has 1 N–H and O–H groups in total. The Hall–Kier alpha value is -1.45. The van der Waals surface area contributed by atoms with E-state index in [9.17, 15) is 4.79 Å². The second-order valence-corrected chi connectivity index (χ2v) is 4.34. The Balaban J connectivity index is 2.24. The van der Waals surface area contributed by atoms with E-state index in [2.05, 4.69) is 18.7 Å². The highest BCUT2D eigenvalue weighted by Crippen LogP contribution is 2.32. The van der Waals surface area contributed by atoms with Gasteiger partial charge < -0.3 is 14.4 Å². The minimum atomic E-state index is -1.01. The first-order valence-corrected chi connectivity index (χ1v) is 5.75. The van der Waals surface area contributed by atoms with Crippen molar-refractivity contribution >= 4 is 11.9 Å². The average Bonchev–Trinajstić information content (AvgIpc) is 2.83. The van der Waals surface area contributed by atoms with Crippen LogP contribution in [-0.2, 0) is 0 Å². The fraction of sp³-hybridized carbons (Fsp3) is 0.583. The fourth-order valence-electron chi connectivity index (χ4n) is 2.45. The van der Waals surface area contributed by atoms with E-state index in [0.717, 1.165) is 19.3 Å². The number of hydrogen-bond acceptors (Lipinski definition) is 3. The lowest BCUT2D eigenvalue weighted by Crippen LogP contribution is -2.33. The van der Waals surface area contributed by atoms with E-state index in [0.29, 0.717) is 18.0 Å². The summed E-state index contributed by atoms with van der Waals surface area (Å²) >= 11 is 0. The predicted molar refractivity (Wildman–Crippen MR) is 60.9 cm³/mol. The largest absolute Gasteiger partial charge is 0.475 e. The van der Waals surface area contributed by atoms with Gasteiger partial charge in [-0.05, 0) is 32.3 Å². The quantitative estimate of drug-likeness (QED) is 0.856. The number of carboxylic acids is 1. The molecule has 1 aliphatic rings. The summed E-state index contributed by atoms with van der Waals surface area (Å²) in [5.41, 5.74) is 0. The van der Waals surface area contributed by atoms with Gasteiger partial charge in [-0.1, -0.05) is 6.92 Å². The van der Waals surface area contributed by atoms with Crippen molar-refractivity contribution in [2.24, 2.45) is 0 Å². The van der Waals surface area contributed by atoms with E-state index >= 15 is 0 Å². The maximum absolute atomic E-state index is 10.7. The Bertz CT molecular complexity index is 385. The first-order valence-electron chi connectivity index (χ1n) is 5.75. The summed E-state index contributed by atoms with van der Waals surface area (Å²) in [6.07, 6.45) is 3.36. The van der Waals surface area contributed by atoms with Crippen LogP contribution in [0.1, 0.15) is 43.7 Å². The van der Waals surface area contributed by atoms with Crippen molar-refractivity contribution in [3.63, 3.8) is 0 Å². The minimum absolute atomic E-state index is 0.0175. The summed E-state index contributed by atoms with van der Waals surface area (Å²) in [6, 6.07) is 4.18. The van der Waals surface area contributed by atoms with Crippen molar-refractivity contribution in [3.05, 3.63) is 17.9 Å². The summed E-state index contributed by atoms with van der Waals surface area (Å²) in [5.74, 6) is -0.302. The average molecular weight is 223 g/mol. The molecule has 2 heterocycles. The zero-order valence-electron chi connectivity index (χ0n) is 9.64. The first-order chi connectivity index (χ1) is 7.63. The zero-order chi connectivity index (χ0) is 11.7. The van der Waals surface area contributed by atoms with Gasteiger partial charge in [-0.3, -0.25) is 0 Å². The number of carbonyl (C=O) groups is 1. The third kappa shape index (κ3) is 1.79. The maximum atomic E-state index is 10.7. The van der Waals surface area contributed by atoms with E-state index in [1.165, 1.54) is 6.07 Å². The molecule has 0 radical (unpaired) electrons. The standard InChI is InChI=1S/C12H17NO3/c1-3-9-5-4-8(2)13(9)11-7-6-10(16-11)12(14)15/h6-9H,3-5H2,1-2H3,(H,14,15). The molecule has 1 aliphatic heterocycles. The van der Waals surface area contributed by atoms with Gasteiger partial charge >= 0.3 is 5.97 Å². The number of hydrogen-bond donors (Lipinski definition) is 1. The first kappa shape index (κ1) is 11.0. The van der Waals surface area contributed by atoms with Crippen molar-refractivity contribution in [1.82, 2.24) is 0 Å². The van der Waals surface area contributed by atoms with Crippen LogP contribution in [0.3, 0.4) is 0 Å². The van der Waals surface area contributed by atoms with Gasteiger partial charge in [0.2, 0.25) is 5.76 Å². The fourth-order valence-corrected chi connectivity index (χ4v) is 2.45. The lowest BCUT2D eigenvalue weighted by molar-refractivity contribution is 0.0663. The summed E-state index contributed by atoms with van der Waals surface area (Å²) in [7, 11) is 0. The highest BCUT2D eigenvalue weighted by Gasteiger charge is 2.31. The Labute approximate surface area is 94.9 Å². The van der Waals surface area contributed by atoms with Crippen LogP contribution in [0.15, 0.2) is 16.5 Å². The molecule has 0 bridgehead atoms. The van der Waals surface area contributed by atoms with Crippen LogP contribution in [0.25, 0.3) is 0 Å². The number of carboxylic acid groups (broad SMARTS) is 1. The number of furan rings is 1. The van der Waals surface area contributed by atoms with Gasteiger partial charge in [0, 0.05) is 18.2 Å². The minimum Gasteiger partial charge on any atom is -0.475 e. The van der Waals surface area contributed by atoms with E-state index in [4.69, 9.17) is 9.52 Å². The Morgan fingerprint density at radius 3 is 2.88 bits per heavy atom. The smallest absolute Gasteiger partial charge is 0.371 e. The van der Waals surface area contributed by atoms with Crippen molar-refractivity contribution in [1.29, 1.82) is 0 Å². The molecule has 0 amide bonds. The molecule has 2 atom stereocenters. The summed E-state index contributed by atoms with van der Waals surface area (Å²) in [4.78, 5) is 13.0. The topological polar surface area (TPSA) is 53.7 Å². The monoisotopic (exact) mass is 223 g/mol. The molecular formula is C12H17NO3. The summed E-state index contributed by atoms with van der Waals surface area (Å²) in [6.45, 7) is 4.30. The molecule has 1 aromatic heterocycles. The van der Waals surface area contributed by atoms with Crippen molar-refractivity contribution in [3.8, 4) is 0 Å². The number of aromatic carboxylic acids is 1.